The van der Waals surface area contributed by atoms with E-state index in [1.54, 1.807) is 25.3 Å². The van der Waals surface area contributed by atoms with Gasteiger partial charge in [0, 0.05) is 5.56 Å². The van der Waals surface area contributed by atoms with Gasteiger partial charge in [0.05, 0.1) is 17.7 Å². The van der Waals surface area contributed by atoms with Gasteiger partial charge in [-0.2, -0.15) is 0 Å². The topological polar surface area (TPSA) is 35.5 Å². The maximum absolute atomic E-state index is 12.2. The Kier molecular flexibility index (Phi) is 5.44. The van der Waals surface area contributed by atoms with Crippen molar-refractivity contribution in [1.29, 1.82) is 0 Å². The zero-order chi connectivity index (χ0) is 15.5. The van der Waals surface area contributed by atoms with Crippen LogP contribution in [0.1, 0.15) is 49.9 Å². The molecule has 0 N–H and O–H groups in total. The van der Waals surface area contributed by atoms with E-state index in [9.17, 15) is 4.79 Å². The molecule has 0 radical (unpaired) electrons. The van der Waals surface area contributed by atoms with Crippen LogP contribution in [0.5, 0.6) is 5.75 Å². The van der Waals surface area contributed by atoms with Crippen molar-refractivity contribution >= 4 is 21.7 Å². The van der Waals surface area contributed by atoms with Crippen molar-refractivity contribution in [3.63, 3.8) is 0 Å². The first-order valence-corrected chi connectivity index (χ1v) is 8.19. The van der Waals surface area contributed by atoms with E-state index in [4.69, 9.17) is 9.47 Å². The predicted octanol–water partition coefficient (Wildman–Crippen LogP) is 4.63. The molecule has 0 aromatic heterocycles. The highest BCUT2D eigenvalue weighted by Crippen LogP contribution is 2.36. The Bertz CT molecular complexity index is 501. The molecule has 3 nitrogen and oxygen atoms in total. The summed E-state index contributed by atoms with van der Waals surface area (Å²) in [6.07, 6.45) is 4.66. The largest absolute Gasteiger partial charge is 0.496 e. The standard InChI is InChI=1S/C17H23BrO3/c1-17(2)8-6-13(7-9-17)21-11-15(19)12-4-5-16(20-3)14(18)10-12/h4-5,10,13H,6-9,11H2,1-3H3. The number of hydrogen-bond donors (Lipinski definition) is 0. The van der Waals surface area contributed by atoms with Crippen molar-refractivity contribution in [3.8, 4) is 5.75 Å². The van der Waals surface area contributed by atoms with Crippen LogP contribution < -0.4 is 4.74 Å². The van der Waals surface area contributed by atoms with Crippen molar-refractivity contribution in [3.05, 3.63) is 28.2 Å². The number of benzene rings is 1. The molecule has 0 spiro atoms. The fourth-order valence-electron chi connectivity index (χ4n) is 2.66. The minimum Gasteiger partial charge on any atom is -0.496 e. The molecule has 0 amide bonds. The van der Waals surface area contributed by atoms with Crippen LogP contribution in [0.3, 0.4) is 0 Å². The average Bonchev–Trinajstić information content (AvgIpc) is 2.45. The van der Waals surface area contributed by atoms with Crippen molar-refractivity contribution < 1.29 is 14.3 Å². The lowest BCUT2D eigenvalue weighted by molar-refractivity contribution is 0.00862. The van der Waals surface area contributed by atoms with Crippen molar-refractivity contribution in [2.24, 2.45) is 5.41 Å². The molecule has 1 fully saturated rings. The highest BCUT2D eigenvalue weighted by molar-refractivity contribution is 9.10. The maximum atomic E-state index is 12.2. The summed E-state index contributed by atoms with van der Waals surface area (Å²) < 4.78 is 11.7. The SMILES string of the molecule is COc1ccc(C(=O)COC2CCC(C)(C)CC2)cc1Br. The molecule has 1 saturated carbocycles. The molecule has 1 aromatic carbocycles. The van der Waals surface area contributed by atoms with E-state index >= 15 is 0 Å². The quantitative estimate of drug-likeness (QED) is 0.723. The molecular weight excluding hydrogens is 332 g/mol. The molecule has 116 valence electrons. The van der Waals surface area contributed by atoms with E-state index in [1.807, 2.05) is 0 Å². The van der Waals surface area contributed by atoms with Gasteiger partial charge < -0.3 is 9.47 Å². The predicted molar refractivity (Wildman–Crippen MR) is 87.0 cm³/mol. The number of Topliss-reactive ketones (excluding diaryl/α,β-unsaturated/α-hetero) is 1. The highest BCUT2D eigenvalue weighted by atomic mass is 79.9. The third kappa shape index (κ3) is 4.55. The summed E-state index contributed by atoms with van der Waals surface area (Å²) in [5, 5.41) is 0. The highest BCUT2D eigenvalue weighted by Gasteiger charge is 2.27. The summed E-state index contributed by atoms with van der Waals surface area (Å²) in [6.45, 7) is 4.75. The number of halogens is 1. The van der Waals surface area contributed by atoms with Gasteiger partial charge in [0.2, 0.25) is 0 Å². The Morgan fingerprint density at radius 1 is 1.33 bits per heavy atom. The summed E-state index contributed by atoms with van der Waals surface area (Å²) in [4.78, 5) is 12.2. The number of rotatable bonds is 5. The van der Waals surface area contributed by atoms with Gasteiger partial charge in [-0.1, -0.05) is 13.8 Å². The zero-order valence-electron chi connectivity index (χ0n) is 12.9. The summed E-state index contributed by atoms with van der Waals surface area (Å²) >= 11 is 3.40. The number of ketones is 1. The van der Waals surface area contributed by atoms with Crippen molar-refractivity contribution in [2.45, 2.75) is 45.6 Å². The van der Waals surface area contributed by atoms with Crippen LogP contribution in [-0.2, 0) is 4.74 Å². The molecule has 1 aromatic rings. The van der Waals surface area contributed by atoms with E-state index in [0.29, 0.717) is 11.0 Å². The van der Waals surface area contributed by atoms with Crippen LogP contribution in [0.25, 0.3) is 0 Å². The second-order valence-corrected chi connectivity index (χ2v) is 7.30. The van der Waals surface area contributed by atoms with Gasteiger partial charge in [-0.3, -0.25) is 4.79 Å². The van der Waals surface area contributed by atoms with E-state index in [1.165, 1.54) is 12.8 Å². The van der Waals surface area contributed by atoms with Gasteiger partial charge in [0.1, 0.15) is 12.4 Å². The summed E-state index contributed by atoms with van der Waals surface area (Å²) in [5.41, 5.74) is 1.07. The van der Waals surface area contributed by atoms with Crippen molar-refractivity contribution in [1.82, 2.24) is 0 Å². The van der Waals surface area contributed by atoms with Gasteiger partial charge >= 0.3 is 0 Å². The van der Waals surface area contributed by atoms with Crippen LogP contribution in [-0.4, -0.2) is 25.6 Å². The second kappa shape index (κ2) is 6.93. The molecule has 1 aliphatic rings. The van der Waals surface area contributed by atoms with Gasteiger partial charge in [-0.05, 0) is 65.2 Å². The monoisotopic (exact) mass is 354 g/mol. The summed E-state index contributed by atoms with van der Waals surface area (Å²) in [6, 6.07) is 5.36. The Morgan fingerprint density at radius 3 is 2.57 bits per heavy atom. The van der Waals surface area contributed by atoms with E-state index in [2.05, 4.69) is 29.8 Å². The lowest BCUT2D eigenvalue weighted by Crippen LogP contribution is -2.28. The fourth-order valence-corrected chi connectivity index (χ4v) is 3.20. The molecule has 21 heavy (non-hydrogen) atoms. The third-order valence-electron chi connectivity index (χ3n) is 4.21. The van der Waals surface area contributed by atoms with Crippen molar-refractivity contribution in [2.75, 3.05) is 13.7 Å². The molecule has 0 unspecified atom stereocenters. The van der Waals surface area contributed by atoms with E-state index in [0.717, 1.165) is 23.1 Å². The molecular formula is C17H23BrO3. The molecule has 0 heterocycles. The van der Waals surface area contributed by atoms with Crippen LogP contribution >= 0.6 is 15.9 Å². The Hall–Kier alpha value is -0.870. The zero-order valence-corrected chi connectivity index (χ0v) is 14.5. The Morgan fingerprint density at radius 2 is 2.00 bits per heavy atom. The number of carbonyl (C=O) groups excluding carboxylic acids is 1. The van der Waals surface area contributed by atoms with Crippen LogP contribution in [0.15, 0.2) is 22.7 Å². The lowest BCUT2D eigenvalue weighted by atomic mass is 9.76. The van der Waals surface area contributed by atoms with Crippen LogP contribution in [0, 0.1) is 5.41 Å². The second-order valence-electron chi connectivity index (χ2n) is 6.45. The maximum Gasteiger partial charge on any atom is 0.188 e. The first-order chi connectivity index (χ1) is 9.91. The fraction of sp³-hybridized carbons (Fsp3) is 0.588. The molecule has 1 aliphatic carbocycles. The smallest absolute Gasteiger partial charge is 0.188 e. The number of hydrogen-bond acceptors (Lipinski definition) is 3. The lowest BCUT2D eigenvalue weighted by Gasteiger charge is -2.34. The molecule has 0 atom stereocenters. The first kappa shape index (κ1) is 16.5. The summed E-state index contributed by atoms with van der Waals surface area (Å²) in [7, 11) is 1.61. The number of ether oxygens (including phenoxy) is 2. The minimum absolute atomic E-state index is 0.0168. The molecule has 0 bridgehead atoms. The van der Waals surface area contributed by atoms with Crippen LogP contribution in [0.2, 0.25) is 0 Å². The molecule has 0 aliphatic heterocycles. The first-order valence-electron chi connectivity index (χ1n) is 7.40. The molecule has 2 rings (SSSR count). The van der Waals surface area contributed by atoms with E-state index in [-0.39, 0.29) is 18.5 Å². The van der Waals surface area contributed by atoms with Gasteiger partial charge in [0.15, 0.2) is 5.78 Å². The number of carbonyl (C=O) groups is 1. The molecule has 4 heteroatoms. The van der Waals surface area contributed by atoms with E-state index < -0.39 is 0 Å². The minimum atomic E-state index is 0.0168. The van der Waals surface area contributed by atoms with Gasteiger partial charge in [0.25, 0.3) is 0 Å². The normalized spacial score (nSPS) is 18.5. The third-order valence-corrected chi connectivity index (χ3v) is 4.83. The summed E-state index contributed by atoms with van der Waals surface area (Å²) in [5.74, 6) is 0.741. The Labute approximate surface area is 135 Å². The van der Waals surface area contributed by atoms with Gasteiger partial charge in [-0.25, -0.2) is 0 Å². The van der Waals surface area contributed by atoms with Gasteiger partial charge in [-0.15, -0.1) is 0 Å². The average molecular weight is 355 g/mol. The van der Waals surface area contributed by atoms with Crippen LogP contribution in [0.4, 0.5) is 0 Å². The molecule has 0 saturated heterocycles. The number of methoxy groups -OCH3 is 1. The Balaban J connectivity index is 1.86.